The number of aromatic amines is 1. The van der Waals surface area contributed by atoms with Gasteiger partial charge in [-0.25, -0.2) is 4.79 Å². The highest BCUT2D eigenvalue weighted by Gasteiger charge is 2.20. The lowest BCUT2D eigenvalue weighted by Gasteiger charge is -2.06. The van der Waals surface area contributed by atoms with Gasteiger partial charge in [-0.3, -0.25) is 4.79 Å². The van der Waals surface area contributed by atoms with Gasteiger partial charge in [-0.05, 0) is 36.3 Å². The van der Waals surface area contributed by atoms with E-state index in [2.05, 4.69) is 10.3 Å². The van der Waals surface area contributed by atoms with Crippen LogP contribution in [0.5, 0.6) is 0 Å². The molecule has 0 aliphatic rings. The van der Waals surface area contributed by atoms with E-state index in [1.165, 1.54) is 12.2 Å². The molecule has 0 spiro atoms. The van der Waals surface area contributed by atoms with Crippen LogP contribution in [-0.4, -0.2) is 22.0 Å². The van der Waals surface area contributed by atoms with Crippen LogP contribution in [0.2, 0.25) is 10.0 Å². The van der Waals surface area contributed by atoms with Crippen LogP contribution in [0.25, 0.3) is 17.0 Å². The molecule has 0 saturated heterocycles. The summed E-state index contributed by atoms with van der Waals surface area (Å²) in [5.74, 6) is -1.53. The first-order valence-corrected chi connectivity index (χ1v) is 8.98. The number of H-pyrrole nitrogens is 1. The maximum atomic E-state index is 12.2. The number of halogens is 2. The zero-order chi connectivity index (χ0) is 19.6. The Labute approximate surface area is 165 Å². The maximum Gasteiger partial charge on any atom is 0.352 e. The smallest absolute Gasteiger partial charge is 0.352 e. The van der Waals surface area contributed by atoms with Gasteiger partial charge >= 0.3 is 5.97 Å². The second-order valence-electron chi connectivity index (χ2n) is 5.83. The van der Waals surface area contributed by atoms with Crippen LogP contribution >= 0.6 is 23.2 Å². The van der Waals surface area contributed by atoms with E-state index in [4.69, 9.17) is 23.2 Å². The molecule has 138 valence electrons. The Morgan fingerprint density at radius 2 is 1.93 bits per heavy atom. The van der Waals surface area contributed by atoms with Crippen LogP contribution in [0.1, 0.15) is 28.5 Å². The zero-order valence-electron chi connectivity index (χ0n) is 14.3. The lowest BCUT2D eigenvalue weighted by atomic mass is 10.1. The topological polar surface area (TPSA) is 82.2 Å². The number of rotatable bonds is 5. The van der Waals surface area contributed by atoms with E-state index in [1.54, 1.807) is 30.3 Å². The highest BCUT2D eigenvalue weighted by Crippen LogP contribution is 2.37. The summed E-state index contributed by atoms with van der Waals surface area (Å²) in [4.78, 5) is 26.6. The molecule has 0 fully saturated rings. The molecule has 1 aromatic heterocycles. The van der Waals surface area contributed by atoms with Gasteiger partial charge in [-0.1, -0.05) is 48.3 Å². The molecule has 0 radical (unpaired) electrons. The lowest BCUT2D eigenvalue weighted by Crippen LogP contribution is -2.07. The molecule has 27 heavy (non-hydrogen) atoms. The second-order valence-corrected chi connectivity index (χ2v) is 6.62. The average Bonchev–Trinajstić information content (AvgIpc) is 3.00. The van der Waals surface area contributed by atoms with E-state index in [9.17, 15) is 14.7 Å². The van der Waals surface area contributed by atoms with E-state index < -0.39 is 5.97 Å². The number of anilines is 1. The van der Waals surface area contributed by atoms with Crippen LogP contribution in [0, 0.1) is 0 Å². The first kappa shape index (κ1) is 19.0. The fraction of sp³-hybridized carbons (Fsp3) is 0.100. The average molecular weight is 403 g/mol. The van der Waals surface area contributed by atoms with Gasteiger partial charge in [0.2, 0.25) is 5.91 Å². The lowest BCUT2D eigenvalue weighted by molar-refractivity contribution is -0.111. The number of hydrogen-bond acceptors (Lipinski definition) is 2. The summed E-state index contributed by atoms with van der Waals surface area (Å²) in [7, 11) is 0. The number of nitrogens with one attached hydrogen (secondary N) is 2. The molecule has 7 heteroatoms. The summed E-state index contributed by atoms with van der Waals surface area (Å²) in [5.41, 5.74) is 2.15. The minimum atomic E-state index is -1.15. The Morgan fingerprint density at radius 1 is 1.22 bits per heavy atom. The van der Waals surface area contributed by atoms with Crippen LogP contribution in [-0.2, 0) is 11.2 Å². The third-order valence-electron chi connectivity index (χ3n) is 4.12. The fourth-order valence-electron chi connectivity index (χ4n) is 2.87. The van der Waals surface area contributed by atoms with Crippen molar-refractivity contribution < 1.29 is 14.7 Å². The Hall–Kier alpha value is -2.76. The summed E-state index contributed by atoms with van der Waals surface area (Å²) in [6.07, 6.45) is 3.32. The molecular formula is C20H16Cl2N2O3. The largest absolute Gasteiger partial charge is 0.477 e. The molecule has 0 aliphatic carbocycles. The molecule has 0 bridgehead atoms. The van der Waals surface area contributed by atoms with Crippen molar-refractivity contribution in [1.82, 2.24) is 4.98 Å². The van der Waals surface area contributed by atoms with E-state index in [0.29, 0.717) is 38.6 Å². The number of carbonyl (C=O) groups excluding carboxylic acids is 1. The molecule has 3 N–H and O–H groups in total. The number of aromatic nitrogens is 1. The second kappa shape index (κ2) is 7.86. The number of carbonyl (C=O) groups is 2. The van der Waals surface area contributed by atoms with Crippen molar-refractivity contribution in [2.75, 3.05) is 5.32 Å². The van der Waals surface area contributed by atoms with Crippen molar-refractivity contribution in [2.45, 2.75) is 13.3 Å². The minimum Gasteiger partial charge on any atom is -0.477 e. The van der Waals surface area contributed by atoms with Crippen LogP contribution in [0.3, 0.4) is 0 Å². The van der Waals surface area contributed by atoms with Crippen LogP contribution in [0.15, 0.2) is 42.5 Å². The van der Waals surface area contributed by atoms with E-state index in [0.717, 1.165) is 5.56 Å². The van der Waals surface area contributed by atoms with E-state index in [-0.39, 0.29) is 11.6 Å². The molecule has 3 aromatic rings. The number of carboxylic acid groups (broad SMARTS) is 1. The van der Waals surface area contributed by atoms with Crippen molar-refractivity contribution in [3.63, 3.8) is 0 Å². The number of fused-ring (bicyclic) bond motifs is 1. The minimum absolute atomic E-state index is 0.0556. The van der Waals surface area contributed by atoms with E-state index in [1.807, 2.05) is 13.0 Å². The molecule has 3 rings (SSSR count). The highest BCUT2D eigenvalue weighted by molar-refractivity contribution is 6.40. The van der Waals surface area contributed by atoms with Crippen molar-refractivity contribution in [2.24, 2.45) is 0 Å². The molecule has 1 heterocycles. The van der Waals surface area contributed by atoms with Crippen molar-refractivity contribution >= 4 is 57.7 Å². The molecule has 5 nitrogen and oxygen atoms in total. The Bertz CT molecular complexity index is 1060. The van der Waals surface area contributed by atoms with Gasteiger partial charge in [-0.15, -0.1) is 0 Å². The molecule has 2 aromatic carbocycles. The third kappa shape index (κ3) is 3.84. The van der Waals surface area contributed by atoms with Gasteiger partial charge in [0.05, 0.1) is 5.02 Å². The highest BCUT2D eigenvalue weighted by atomic mass is 35.5. The number of benzene rings is 2. The van der Waals surface area contributed by atoms with Gasteiger partial charge in [-0.2, -0.15) is 0 Å². The standard InChI is InChI=1S/C20H16Cl2N2O3/c1-2-12-14(21)10-15-17(18(12)22)13(19(24-15)20(26)27)8-9-16(25)23-11-6-4-3-5-7-11/h3-10,24H,2H2,1H3,(H,23,25)(H,26,27). The van der Waals surface area contributed by atoms with Crippen molar-refractivity contribution in [1.29, 1.82) is 0 Å². The Balaban J connectivity index is 2.05. The quantitative estimate of drug-likeness (QED) is 0.500. The molecule has 0 unspecified atom stereocenters. The zero-order valence-corrected chi connectivity index (χ0v) is 15.9. The van der Waals surface area contributed by atoms with Gasteiger partial charge in [0.15, 0.2) is 0 Å². The maximum absolute atomic E-state index is 12.2. The predicted molar refractivity (Wildman–Crippen MR) is 109 cm³/mol. The number of para-hydroxylation sites is 1. The number of amides is 1. The molecule has 0 atom stereocenters. The summed E-state index contributed by atoms with van der Waals surface area (Å²) >= 11 is 12.7. The summed E-state index contributed by atoms with van der Waals surface area (Å²) in [5, 5.41) is 13.6. The van der Waals surface area contributed by atoms with E-state index >= 15 is 0 Å². The van der Waals surface area contributed by atoms with Crippen molar-refractivity contribution in [3.05, 3.63) is 69.3 Å². The fourth-order valence-corrected chi connectivity index (χ4v) is 3.70. The van der Waals surface area contributed by atoms with Crippen LogP contribution < -0.4 is 5.32 Å². The van der Waals surface area contributed by atoms with Gasteiger partial charge in [0.25, 0.3) is 0 Å². The van der Waals surface area contributed by atoms with Gasteiger partial charge in [0.1, 0.15) is 5.69 Å². The van der Waals surface area contributed by atoms with Crippen LogP contribution in [0.4, 0.5) is 5.69 Å². The monoisotopic (exact) mass is 402 g/mol. The number of hydrogen-bond donors (Lipinski definition) is 3. The normalized spacial score (nSPS) is 11.2. The van der Waals surface area contributed by atoms with Gasteiger partial charge < -0.3 is 15.4 Å². The SMILES string of the molecule is CCc1c(Cl)cc2[nH]c(C(=O)O)c(C=CC(=O)Nc3ccccc3)c2c1Cl. The summed E-state index contributed by atoms with van der Waals surface area (Å²) < 4.78 is 0. The van der Waals surface area contributed by atoms with Gasteiger partial charge in [0, 0.05) is 33.3 Å². The molecule has 0 aliphatic heterocycles. The Morgan fingerprint density at radius 3 is 2.56 bits per heavy atom. The molecular weight excluding hydrogens is 387 g/mol. The number of aromatic carboxylic acids is 1. The summed E-state index contributed by atoms with van der Waals surface area (Å²) in [6, 6.07) is 10.6. The Kier molecular flexibility index (Phi) is 5.54. The first-order valence-electron chi connectivity index (χ1n) is 8.22. The number of carboxylic acids is 1. The molecule has 1 amide bonds. The first-order chi connectivity index (χ1) is 12.9. The summed E-state index contributed by atoms with van der Waals surface area (Å²) in [6.45, 7) is 1.91. The van der Waals surface area contributed by atoms with Crippen molar-refractivity contribution in [3.8, 4) is 0 Å². The molecule has 0 saturated carbocycles. The predicted octanol–water partition coefficient (Wildman–Crippen LogP) is 5.39. The third-order valence-corrected chi connectivity index (χ3v) is 4.88.